The first kappa shape index (κ1) is 16.4. The van der Waals surface area contributed by atoms with Gasteiger partial charge in [-0.25, -0.2) is 4.79 Å². The average Bonchev–Trinajstić information content (AvgIpc) is 3.36. The van der Waals surface area contributed by atoms with Gasteiger partial charge in [0, 0.05) is 17.8 Å². The molecule has 6 heteroatoms. The Balaban J connectivity index is 1.66. The number of anilines is 1. The highest BCUT2D eigenvalue weighted by Gasteiger charge is 2.50. The number of carbonyl (C=O) groups is 2. The second-order valence-electron chi connectivity index (χ2n) is 7.53. The normalized spacial score (nSPS) is 27.6. The number of piperidine rings is 1. The van der Waals surface area contributed by atoms with Gasteiger partial charge in [0.2, 0.25) is 5.91 Å². The first-order valence-corrected chi connectivity index (χ1v) is 8.96. The molecule has 0 aromatic heterocycles. The molecule has 2 saturated heterocycles. The van der Waals surface area contributed by atoms with Gasteiger partial charge in [-0.1, -0.05) is 12.1 Å². The van der Waals surface area contributed by atoms with E-state index in [1.54, 1.807) is 9.80 Å². The number of hydrogen-bond acceptors (Lipinski definition) is 3. The molecule has 1 saturated carbocycles. The van der Waals surface area contributed by atoms with Crippen molar-refractivity contribution < 1.29 is 9.59 Å². The van der Waals surface area contributed by atoms with Crippen LogP contribution in [-0.4, -0.2) is 54.5 Å². The van der Waals surface area contributed by atoms with Gasteiger partial charge in [0.05, 0.1) is 6.04 Å². The first-order chi connectivity index (χ1) is 12.0. The van der Waals surface area contributed by atoms with E-state index in [-0.39, 0.29) is 17.6 Å². The van der Waals surface area contributed by atoms with Crippen LogP contribution in [0, 0.1) is 6.42 Å². The van der Waals surface area contributed by atoms with E-state index in [0.717, 1.165) is 31.4 Å². The smallest absolute Gasteiger partial charge is 0.325 e. The molecule has 0 spiro atoms. The standard InChI is InChI=1S/C19H25N4O2/c1-21(2)19(10-11-19)13-6-8-14(9-7-13)23-16(17(20)24)15-5-3-4-12-22(15)18(23)25/h5-9,15-16H,3-4,10-12H2,1-2H3,(H2,20,24)/t15-,16?/m1/s1. The molecule has 1 aliphatic carbocycles. The van der Waals surface area contributed by atoms with E-state index in [1.807, 2.05) is 12.1 Å². The summed E-state index contributed by atoms with van der Waals surface area (Å²) in [6.45, 7) is 0.683. The Morgan fingerprint density at radius 3 is 2.48 bits per heavy atom. The van der Waals surface area contributed by atoms with Crippen molar-refractivity contribution in [3.05, 3.63) is 36.2 Å². The van der Waals surface area contributed by atoms with Crippen LogP contribution in [-0.2, 0) is 10.3 Å². The minimum atomic E-state index is -0.623. The van der Waals surface area contributed by atoms with E-state index in [1.165, 1.54) is 5.56 Å². The monoisotopic (exact) mass is 341 g/mol. The maximum Gasteiger partial charge on any atom is 0.325 e. The highest BCUT2D eigenvalue weighted by Crippen LogP contribution is 2.50. The van der Waals surface area contributed by atoms with Crippen molar-refractivity contribution in [2.24, 2.45) is 5.73 Å². The van der Waals surface area contributed by atoms with Gasteiger partial charge in [0.15, 0.2) is 0 Å². The zero-order valence-electron chi connectivity index (χ0n) is 14.8. The van der Waals surface area contributed by atoms with Gasteiger partial charge >= 0.3 is 6.03 Å². The average molecular weight is 341 g/mol. The third-order valence-electron chi connectivity index (χ3n) is 5.98. The molecule has 133 valence electrons. The van der Waals surface area contributed by atoms with Crippen molar-refractivity contribution in [3.63, 3.8) is 0 Å². The van der Waals surface area contributed by atoms with E-state index >= 15 is 0 Å². The third kappa shape index (κ3) is 2.42. The fourth-order valence-corrected chi connectivity index (χ4v) is 4.37. The lowest BCUT2D eigenvalue weighted by molar-refractivity contribution is -0.119. The molecule has 4 rings (SSSR count). The Hall–Kier alpha value is -2.08. The number of benzene rings is 1. The topological polar surface area (TPSA) is 69.9 Å². The lowest BCUT2D eigenvalue weighted by Crippen LogP contribution is -2.48. The minimum Gasteiger partial charge on any atom is -0.368 e. The van der Waals surface area contributed by atoms with Gasteiger partial charge in [-0.05, 0) is 63.9 Å². The summed E-state index contributed by atoms with van der Waals surface area (Å²) in [5, 5.41) is 0. The summed E-state index contributed by atoms with van der Waals surface area (Å²) in [6, 6.07) is 7.10. The van der Waals surface area contributed by atoms with E-state index in [2.05, 4.69) is 37.5 Å². The second kappa shape index (κ2) is 5.73. The van der Waals surface area contributed by atoms with Gasteiger partial charge in [-0.15, -0.1) is 0 Å². The van der Waals surface area contributed by atoms with Crippen molar-refractivity contribution in [3.8, 4) is 0 Å². The van der Waals surface area contributed by atoms with E-state index in [4.69, 9.17) is 5.73 Å². The molecule has 1 aromatic rings. The van der Waals surface area contributed by atoms with Crippen molar-refractivity contribution in [1.29, 1.82) is 0 Å². The molecule has 3 fully saturated rings. The van der Waals surface area contributed by atoms with Crippen LogP contribution < -0.4 is 10.6 Å². The lowest BCUT2D eigenvalue weighted by Gasteiger charge is -2.29. The highest BCUT2D eigenvalue weighted by atomic mass is 16.2. The van der Waals surface area contributed by atoms with Crippen LogP contribution in [0.3, 0.4) is 0 Å². The summed E-state index contributed by atoms with van der Waals surface area (Å²) >= 11 is 0. The largest absolute Gasteiger partial charge is 0.368 e. The molecule has 2 N–H and O–H groups in total. The lowest BCUT2D eigenvalue weighted by atomic mass is 9.97. The van der Waals surface area contributed by atoms with Gasteiger partial charge < -0.3 is 10.6 Å². The fraction of sp³-hybridized carbons (Fsp3) is 0.526. The molecule has 1 aromatic carbocycles. The Kier molecular flexibility index (Phi) is 3.76. The number of urea groups is 1. The van der Waals surface area contributed by atoms with Gasteiger partial charge in [-0.3, -0.25) is 14.6 Å². The Morgan fingerprint density at radius 1 is 1.24 bits per heavy atom. The van der Waals surface area contributed by atoms with Crippen LogP contribution in [0.25, 0.3) is 0 Å². The predicted octanol–water partition coefficient (Wildman–Crippen LogP) is 1.70. The van der Waals surface area contributed by atoms with Crippen LogP contribution in [0.1, 0.15) is 31.2 Å². The Bertz CT molecular complexity index is 696. The first-order valence-electron chi connectivity index (χ1n) is 8.96. The third-order valence-corrected chi connectivity index (χ3v) is 5.98. The van der Waals surface area contributed by atoms with E-state index < -0.39 is 11.9 Å². The number of nitrogens with zero attached hydrogens (tertiary/aromatic N) is 3. The molecule has 2 aliphatic heterocycles. The number of carbonyl (C=O) groups excluding carboxylic acids is 2. The zero-order valence-corrected chi connectivity index (χ0v) is 14.8. The molecule has 0 bridgehead atoms. The van der Waals surface area contributed by atoms with E-state index in [0.29, 0.717) is 6.54 Å². The van der Waals surface area contributed by atoms with Crippen LogP contribution in [0.15, 0.2) is 24.3 Å². The van der Waals surface area contributed by atoms with Gasteiger partial charge in [0.1, 0.15) is 6.04 Å². The summed E-state index contributed by atoms with van der Waals surface area (Å²) in [7, 11) is 4.20. The second-order valence-corrected chi connectivity index (χ2v) is 7.53. The predicted molar refractivity (Wildman–Crippen MR) is 95.9 cm³/mol. The molecular weight excluding hydrogens is 316 g/mol. The summed E-state index contributed by atoms with van der Waals surface area (Å²) in [6.07, 6.45) is 6.20. The van der Waals surface area contributed by atoms with Gasteiger partial charge in [-0.2, -0.15) is 0 Å². The molecule has 2 atom stereocenters. The zero-order chi connectivity index (χ0) is 17.8. The molecule has 1 radical (unpaired) electrons. The van der Waals surface area contributed by atoms with Crippen LogP contribution in [0.4, 0.5) is 10.5 Å². The maximum atomic E-state index is 12.9. The number of primary amides is 1. The number of nitrogens with two attached hydrogens (primary N) is 1. The highest BCUT2D eigenvalue weighted by molar-refractivity contribution is 6.03. The van der Waals surface area contributed by atoms with Crippen LogP contribution >= 0.6 is 0 Å². The quantitative estimate of drug-likeness (QED) is 0.906. The number of amides is 3. The van der Waals surface area contributed by atoms with E-state index in [9.17, 15) is 9.59 Å². The van der Waals surface area contributed by atoms with Crippen molar-refractivity contribution in [2.75, 3.05) is 25.5 Å². The Labute approximate surface area is 148 Å². The van der Waals surface area contributed by atoms with Crippen molar-refractivity contribution in [1.82, 2.24) is 9.80 Å². The summed E-state index contributed by atoms with van der Waals surface area (Å²) < 4.78 is 0. The molecule has 2 heterocycles. The van der Waals surface area contributed by atoms with Crippen LogP contribution in [0.5, 0.6) is 0 Å². The number of fused-ring (bicyclic) bond motifs is 1. The summed E-state index contributed by atoms with van der Waals surface area (Å²) in [4.78, 5) is 30.6. The van der Waals surface area contributed by atoms with Crippen molar-refractivity contribution >= 4 is 17.6 Å². The molecular formula is C19H25N4O2. The molecule has 3 aliphatic rings. The Morgan fingerprint density at radius 2 is 1.92 bits per heavy atom. The SMILES string of the molecule is CN(C)C1(c2ccc(N3C(=O)N4CCC[CH][C@@H]4C3C(N)=O)cc2)CC1. The van der Waals surface area contributed by atoms with Crippen LogP contribution in [0.2, 0.25) is 0 Å². The maximum absolute atomic E-state index is 12.9. The summed E-state index contributed by atoms with van der Waals surface area (Å²) in [5.74, 6) is -0.449. The molecule has 1 unspecified atom stereocenters. The summed E-state index contributed by atoms with van der Waals surface area (Å²) in [5.41, 5.74) is 7.79. The van der Waals surface area contributed by atoms with Gasteiger partial charge in [0.25, 0.3) is 0 Å². The molecule has 6 nitrogen and oxygen atoms in total. The fourth-order valence-electron chi connectivity index (χ4n) is 4.37. The molecule has 25 heavy (non-hydrogen) atoms. The minimum absolute atomic E-state index is 0.119. The number of hydrogen-bond donors (Lipinski definition) is 1. The van der Waals surface area contributed by atoms with Crippen molar-refractivity contribution in [2.45, 2.75) is 43.3 Å². The molecule has 3 amide bonds. The number of rotatable bonds is 4.